The minimum Gasteiger partial charge on any atom is -0.492 e. The van der Waals surface area contributed by atoms with E-state index in [1.54, 1.807) is 12.3 Å². The van der Waals surface area contributed by atoms with Crippen LogP contribution in [0.1, 0.15) is 39.3 Å². The van der Waals surface area contributed by atoms with Crippen LogP contribution in [0.5, 0.6) is 5.75 Å². The van der Waals surface area contributed by atoms with Crippen LogP contribution in [-0.4, -0.2) is 35.0 Å². The van der Waals surface area contributed by atoms with Gasteiger partial charge in [-0.05, 0) is 39.3 Å². The second kappa shape index (κ2) is 6.77. The summed E-state index contributed by atoms with van der Waals surface area (Å²) in [6.45, 7) is 6.34. The lowest BCUT2D eigenvalue weighted by molar-refractivity contribution is -0.128. The van der Waals surface area contributed by atoms with Gasteiger partial charge in [0.25, 0.3) is 0 Å². The summed E-state index contributed by atoms with van der Waals surface area (Å²) in [5.41, 5.74) is 0.260. The van der Waals surface area contributed by atoms with E-state index in [2.05, 4.69) is 15.6 Å². The highest BCUT2D eigenvalue weighted by Crippen LogP contribution is 2.19. The highest BCUT2D eigenvalue weighted by molar-refractivity contribution is 5.81. The molecular weight excluding hydrogens is 282 g/mol. The average molecular weight is 305 g/mol. The van der Waals surface area contributed by atoms with Crippen molar-refractivity contribution in [2.45, 2.75) is 51.6 Å². The second-order valence-electron chi connectivity index (χ2n) is 6.02. The molecule has 1 unspecified atom stereocenters. The van der Waals surface area contributed by atoms with Gasteiger partial charge in [-0.2, -0.15) is 0 Å². The number of pyridine rings is 1. The number of nitrogens with one attached hydrogen (secondary N) is 2. The largest absolute Gasteiger partial charge is 0.492 e. The predicted octanol–water partition coefficient (Wildman–Crippen LogP) is 1.20. The number of carbonyl (C=O) groups excluding carboxylic acids is 2. The van der Waals surface area contributed by atoms with Crippen LogP contribution in [0.25, 0.3) is 0 Å². The Labute approximate surface area is 130 Å². The van der Waals surface area contributed by atoms with Crippen molar-refractivity contribution in [3.05, 3.63) is 24.0 Å². The van der Waals surface area contributed by atoms with Gasteiger partial charge >= 0.3 is 0 Å². The first kappa shape index (κ1) is 16.3. The van der Waals surface area contributed by atoms with Crippen molar-refractivity contribution in [2.24, 2.45) is 0 Å². The monoisotopic (exact) mass is 305 g/mol. The molecule has 0 radical (unpaired) electrons. The summed E-state index contributed by atoms with van der Waals surface area (Å²) in [4.78, 5) is 27.8. The minimum atomic E-state index is -0.433. The molecule has 0 spiro atoms. The summed E-state index contributed by atoms with van der Waals surface area (Å²) in [6.07, 6.45) is 2.93. The fourth-order valence-corrected chi connectivity index (χ4v) is 2.58. The summed E-state index contributed by atoms with van der Waals surface area (Å²) >= 11 is 0. The number of aromatic nitrogens is 1. The molecule has 2 rings (SSSR count). The number of carbonyl (C=O) groups is 2. The lowest BCUT2D eigenvalue weighted by atomic mass is 9.87. The first-order valence-electron chi connectivity index (χ1n) is 7.59. The fourth-order valence-electron chi connectivity index (χ4n) is 2.58. The SMILES string of the molecule is CCOc1ccc(CC(=O)NC2CCC(=O)NC2(C)C)nc1. The normalized spacial score (nSPS) is 20.1. The van der Waals surface area contributed by atoms with Crippen LogP contribution in [0.2, 0.25) is 0 Å². The summed E-state index contributed by atoms with van der Waals surface area (Å²) in [7, 11) is 0. The van der Waals surface area contributed by atoms with Crippen LogP contribution < -0.4 is 15.4 Å². The van der Waals surface area contributed by atoms with Gasteiger partial charge in [-0.15, -0.1) is 0 Å². The fraction of sp³-hybridized carbons (Fsp3) is 0.562. The van der Waals surface area contributed by atoms with Gasteiger partial charge < -0.3 is 15.4 Å². The molecule has 1 saturated heterocycles. The van der Waals surface area contributed by atoms with E-state index < -0.39 is 5.54 Å². The van der Waals surface area contributed by atoms with Crippen molar-refractivity contribution in [1.29, 1.82) is 0 Å². The lowest BCUT2D eigenvalue weighted by Crippen LogP contribution is -2.62. The molecule has 22 heavy (non-hydrogen) atoms. The molecular formula is C16H23N3O3. The standard InChI is InChI=1S/C16H23N3O3/c1-4-22-12-6-5-11(17-10-12)9-15(21)18-13-7-8-14(20)19-16(13,2)3/h5-6,10,13H,4,7-9H2,1-3H3,(H,18,21)(H,19,20). The Hall–Kier alpha value is -2.11. The third-order valence-electron chi connectivity index (χ3n) is 3.78. The maximum absolute atomic E-state index is 12.2. The highest BCUT2D eigenvalue weighted by atomic mass is 16.5. The quantitative estimate of drug-likeness (QED) is 0.856. The van der Waals surface area contributed by atoms with E-state index in [-0.39, 0.29) is 24.3 Å². The summed E-state index contributed by atoms with van der Waals surface area (Å²) in [6, 6.07) is 3.53. The molecule has 6 heteroatoms. The summed E-state index contributed by atoms with van der Waals surface area (Å²) in [5, 5.41) is 5.90. The molecule has 2 amide bonds. The number of rotatable bonds is 5. The van der Waals surface area contributed by atoms with E-state index in [0.717, 1.165) is 0 Å². The van der Waals surface area contributed by atoms with Crippen molar-refractivity contribution in [1.82, 2.24) is 15.6 Å². The van der Waals surface area contributed by atoms with Gasteiger partial charge in [0.1, 0.15) is 5.75 Å². The minimum absolute atomic E-state index is 0.0312. The first-order chi connectivity index (χ1) is 10.4. The smallest absolute Gasteiger partial charge is 0.226 e. The first-order valence-corrected chi connectivity index (χ1v) is 7.59. The van der Waals surface area contributed by atoms with Gasteiger partial charge in [-0.25, -0.2) is 0 Å². The molecule has 0 saturated carbocycles. The topological polar surface area (TPSA) is 80.3 Å². The zero-order valence-corrected chi connectivity index (χ0v) is 13.3. The van der Waals surface area contributed by atoms with E-state index in [0.29, 0.717) is 30.9 Å². The zero-order valence-electron chi connectivity index (χ0n) is 13.3. The molecule has 1 atom stereocenters. The number of nitrogens with zero attached hydrogens (tertiary/aromatic N) is 1. The number of ether oxygens (including phenoxy) is 1. The molecule has 0 bridgehead atoms. The van der Waals surface area contributed by atoms with Crippen molar-refractivity contribution in [3.8, 4) is 5.75 Å². The molecule has 6 nitrogen and oxygen atoms in total. The van der Waals surface area contributed by atoms with Gasteiger partial charge in [0.2, 0.25) is 11.8 Å². The maximum atomic E-state index is 12.2. The Morgan fingerprint density at radius 2 is 2.27 bits per heavy atom. The Morgan fingerprint density at radius 1 is 1.50 bits per heavy atom. The Bertz CT molecular complexity index is 540. The van der Waals surface area contributed by atoms with Gasteiger partial charge in [0.15, 0.2) is 0 Å². The van der Waals surface area contributed by atoms with Crippen LogP contribution in [0.4, 0.5) is 0 Å². The van der Waals surface area contributed by atoms with Crippen LogP contribution in [-0.2, 0) is 16.0 Å². The number of hydrogen-bond acceptors (Lipinski definition) is 4. The Balaban J connectivity index is 1.91. The van der Waals surface area contributed by atoms with Crippen LogP contribution in [0.15, 0.2) is 18.3 Å². The second-order valence-corrected chi connectivity index (χ2v) is 6.02. The van der Waals surface area contributed by atoms with E-state index in [9.17, 15) is 9.59 Å². The van der Waals surface area contributed by atoms with Gasteiger partial charge in [-0.1, -0.05) is 0 Å². The summed E-state index contributed by atoms with van der Waals surface area (Å²) in [5.74, 6) is 0.636. The van der Waals surface area contributed by atoms with E-state index in [1.807, 2.05) is 26.8 Å². The molecule has 1 aromatic heterocycles. The lowest BCUT2D eigenvalue weighted by Gasteiger charge is -2.39. The third kappa shape index (κ3) is 4.19. The highest BCUT2D eigenvalue weighted by Gasteiger charge is 2.36. The molecule has 0 aromatic carbocycles. The average Bonchev–Trinajstić information content (AvgIpc) is 2.44. The molecule has 120 valence electrons. The Morgan fingerprint density at radius 3 is 2.86 bits per heavy atom. The zero-order chi connectivity index (χ0) is 16.2. The van der Waals surface area contributed by atoms with Crippen LogP contribution in [0.3, 0.4) is 0 Å². The van der Waals surface area contributed by atoms with Crippen molar-refractivity contribution < 1.29 is 14.3 Å². The number of hydrogen-bond donors (Lipinski definition) is 2. The predicted molar refractivity (Wildman–Crippen MR) is 82.5 cm³/mol. The summed E-state index contributed by atoms with van der Waals surface area (Å²) < 4.78 is 5.32. The molecule has 1 aliphatic rings. The number of amides is 2. The molecule has 2 N–H and O–H groups in total. The maximum Gasteiger partial charge on any atom is 0.226 e. The van der Waals surface area contributed by atoms with Crippen LogP contribution in [0, 0.1) is 0 Å². The molecule has 1 aliphatic heterocycles. The van der Waals surface area contributed by atoms with E-state index in [1.165, 1.54) is 0 Å². The number of piperidine rings is 1. The molecule has 1 aromatic rings. The van der Waals surface area contributed by atoms with E-state index >= 15 is 0 Å². The van der Waals surface area contributed by atoms with Gasteiger partial charge in [0.05, 0.1) is 30.8 Å². The van der Waals surface area contributed by atoms with E-state index in [4.69, 9.17) is 4.74 Å². The third-order valence-corrected chi connectivity index (χ3v) is 3.78. The molecule has 1 fully saturated rings. The van der Waals surface area contributed by atoms with Crippen LogP contribution >= 0.6 is 0 Å². The molecule has 2 heterocycles. The molecule has 0 aliphatic carbocycles. The van der Waals surface area contributed by atoms with Gasteiger partial charge in [0, 0.05) is 12.1 Å². The van der Waals surface area contributed by atoms with Gasteiger partial charge in [-0.3, -0.25) is 14.6 Å². The Kier molecular flexibility index (Phi) is 5.00. The van der Waals surface area contributed by atoms with Crippen molar-refractivity contribution >= 4 is 11.8 Å². The van der Waals surface area contributed by atoms with Crippen molar-refractivity contribution in [3.63, 3.8) is 0 Å². The van der Waals surface area contributed by atoms with Crippen molar-refractivity contribution in [2.75, 3.05) is 6.61 Å².